The summed E-state index contributed by atoms with van der Waals surface area (Å²) in [5.74, 6) is 0.808. The third-order valence-corrected chi connectivity index (χ3v) is 4.90. The smallest absolute Gasteiger partial charge is 0.324 e. The van der Waals surface area contributed by atoms with Gasteiger partial charge in [-0.3, -0.25) is 4.90 Å². The van der Waals surface area contributed by atoms with Crippen LogP contribution in [0.15, 0.2) is 66.7 Å². The van der Waals surface area contributed by atoms with Crippen LogP contribution in [0.4, 0.5) is 10.5 Å². The molecule has 4 heteroatoms. The lowest BCUT2D eigenvalue weighted by Gasteiger charge is -2.30. The molecule has 26 heavy (non-hydrogen) atoms. The molecule has 4 nitrogen and oxygen atoms in total. The molecule has 0 bridgehead atoms. The summed E-state index contributed by atoms with van der Waals surface area (Å²) in [6.07, 6.45) is 0. The molecule has 0 unspecified atom stereocenters. The highest BCUT2D eigenvalue weighted by molar-refractivity contribution is 6.02. The molecule has 0 aliphatic rings. The third kappa shape index (κ3) is 3.36. The second kappa shape index (κ2) is 7.48. The summed E-state index contributed by atoms with van der Waals surface area (Å²) in [5.41, 5.74) is 1.97. The van der Waals surface area contributed by atoms with Gasteiger partial charge in [0.05, 0.1) is 18.8 Å². The highest BCUT2D eigenvalue weighted by Crippen LogP contribution is 2.28. The van der Waals surface area contributed by atoms with E-state index in [0.29, 0.717) is 0 Å². The van der Waals surface area contributed by atoms with Gasteiger partial charge in [0.2, 0.25) is 0 Å². The Labute approximate surface area is 154 Å². The zero-order chi connectivity index (χ0) is 18.7. The van der Waals surface area contributed by atoms with Crippen LogP contribution in [-0.2, 0) is 0 Å². The lowest BCUT2D eigenvalue weighted by atomic mass is 10.1. The molecular weight excluding hydrogens is 324 g/mol. The summed E-state index contributed by atoms with van der Waals surface area (Å²) >= 11 is 0. The van der Waals surface area contributed by atoms with Crippen molar-refractivity contribution in [2.24, 2.45) is 0 Å². The van der Waals surface area contributed by atoms with Crippen molar-refractivity contribution in [1.82, 2.24) is 4.90 Å². The first-order valence-electron chi connectivity index (χ1n) is 8.65. The van der Waals surface area contributed by atoms with E-state index in [1.807, 2.05) is 75.6 Å². The minimum atomic E-state index is -0.0512. The Morgan fingerprint density at radius 2 is 1.58 bits per heavy atom. The molecule has 0 aliphatic heterocycles. The van der Waals surface area contributed by atoms with E-state index in [-0.39, 0.29) is 12.1 Å². The minimum absolute atomic E-state index is 0.0502. The monoisotopic (exact) mass is 348 g/mol. The molecule has 0 heterocycles. The Morgan fingerprint density at radius 3 is 2.27 bits per heavy atom. The number of rotatable bonds is 4. The van der Waals surface area contributed by atoms with Gasteiger partial charge in [-0.25, -0.2) is 4.79 Å². The van der Waals surface area contributed by atoms with Crippen molar-refractivity contribution in [3.05, 3.63) is 72.3 Å². The molecule has 0 aromatic heterocycles. The van der Waals surface area contributed by atoms with Crippen molar-refractivity contribution in [1.29, 1.82) is 0 Å². The fourth-order valence-electron chi connectivity index (χ4n) is 3.11. The van der Waals surface area contributed by atoms with E-state index in [4.69, 9.17) is 4.74 Å². The number of nitrogens with zero attached hydrogens (tertiary/aromatic N) is 2. The molecule has 0 fully saturated rings. The number of hydrogen-bond donors (Lipinski definition) is 0. The van der Waals surface area contributed by atoms with Gasteiger partial charge in [0.25, 0.3) is 0 Å². The molecule has 3 aromatic carbocycles. The molecule has 0 radical (unpaired) electrons. The van der Waals surface area contributed by atoms with E-state index in [1.54, 1.807) is 16.9 Å². The quantitative estimate of drug-likeness (QED) is 0.657. The van der Waals surface area contributed by atoms with E-state index in [9.17, 15) is 4.79 Å². The van der Waals surface area contributed by atoms with Crippen molar-refractivity contribution >= 4 is 22.5 Å². The van der Waals surface area contributed by atoms with Crippen molar-refractivity contribution in [3.63, 3.8) is 0 Å². The molecule has 0 N–H and O–H groups in total. The van der Waals surface area contributed by atoms with Gasteiger partial charge in [-0.05, 0) is 36.1 Å². The lowest BCUT2D eigenvalue weighted by Crippen LogP contribution is -2.40. The normalized spacial score (nSPS) is 11.8. The van der Waals surface area contributed by atoms with E-state index in [1.165, 1.54) is 0 Å². The van der Waals surface area contributed by atoms with Gasteiger partial charge in [-0.15, -0.1) is 0 Å². The Morgan fingerprint density at radius 1 is 0.923 bits per heavy atom. The van der Waals surface area contributed by atoms with Crippen LogP contribution in [-0.4, -0.2) is 32.1 Å². The van der Waals surface area contributed by atoms with Crippen LogP contribution >= 0.6 is 0 Å². The number of urea groups is 1. The standard InChI is InChI=1S/C22H24N2O2/c1-16(17-12-14-19(26-4)15-13-17)23(2)22(25)24(3)21-11-7-9-18-8-5-6-10-20(18)21/h5-16H,1-4H3/t16-/m1/s1. The maximum Gasteiger partial charge on any atom is 0.324 e. The van der Waals surface area contributed by atoms with Crippen molar-refractivity contribution in [2.75, 3.05) is 26.1 Å². The van der Waals surface area contributed by atoms with Gasteiger partial charge in [0.15, 0.2) is 0 Å². The molecule has 0 spiro atoms. The van der Waals surface area contributed by atoms with Crippen LogP contribution in [0.2, 0.25) is 0 Å². The van der Waals surface area contributed by atoms with Gasteiger partial charge in [0, 0.05) is 19.5 Å². The van der Waals surface area contributed by atoms with Crippen LogP contribution in [0, 0.1) is 0 Å². The average molecular weight is 348 g/mol. The number of ether oxygens (including phenoxy) is 1. The predicted molar refractivity (Wildman–Crippen MR) is 107 cm³/mol. The Balaban J connectivity index is 1.84. The highest BCUT2D eigenvalue weighted by atomic mass is 16.5. The van der Waals surface area contributed by atoms with Crippen LogP contribution < -0.4 is 9.64 Å². The number of methoxy groups -OCH3 is 1. The second-order valence-corrected chi connectivity index (χ2v) is 6.40. The van der Waals surface area contributed by atoms with Crippen molar-refractivity contribution < 1.29 is 9.53 Å². The second-order valence-electron chi connectivity index (χ2n) is 6.40. The van der Waals surface area contributed by atoms with Crippen LogP contribution in [0.3, 0.4) is 0 Å². The number of fused-ring (bicyclic) bond motifs is 1. The van der Waals surface area contributed by atoms with E-state index >= 15 is 0 Å². The zero-order valence-electron chi connectivity index (χ0n) is 15.6. The highest BCUT2D eigenvalue weighted by Gasteiger charge is 2.22. The molecule has 0 saturated heterocycles. The molecule has 2 amide bonds. The van der Waals surface area contributed by atoms with Gasteiger partial charge in [-0.2, -0.15) is 0 Å². The molecule has 3 aromatic rings. The van der Waals surface area contributed by atoms with E-state index in [0.717, 1.165) is 27.8 Å². The van der Waals surface area contributed by atoms with Gasteiger partial charge in [0.1, 0.15) is 5.75 Å². The predicted octanol–water partition coefficient (Wildman–Crippen LogP) is 5.10. The first kappa shape index (κ1) is 17.8. The van der Waals surface area contributed by atoms with Crippen LogP contribution in [0.25, 0.3) is 10.8 Å². The minimum Gasteiger partial charge on any atom is -0.497 e. The number of anilines is 1. The third-order valence-electron chi connectivity index (χ3n) is 4.90. The maximum absolute atomic E-state index is 13.1. The van der Waals surface area contributed by atoms with Crippen LogP contribution in [0.5, 0.6) is 5.75 Å². The first-order valence-corrected chi connectivity index (χ1v) is 8.65. The number of benzene rings is 3. The number of carbonyl (C=O) groups excluding carboxylic acids is 1. The maximum atomic E-state index is 13.1. The molecular formula is C22H24N2O2. The summed E-state index contributed by atoms with van der Waals surface area (Å²) in [6.45, 7) is 2.02. The Kier molecular flexibility index (Phi) is 5.12. The van der Waals surface area contributed by atoms with E-state index in [2.05, 4.69) is 12.1 Å². The Hall–Kier alpha value is -3.01. The molecule has 3 rings (SSSR count). The first-order chi connectivity index (χ1) is 12.5. The molecule has 134 valence electrons. The average Bonchev–Trinajstić information content (AvgIpc) is 2.71. The van der Waals surface area contributed by atoms with Gasteiger partial charge < -0.3 is 9.64 Å². The fraction of sp³-hybridized carbons (Fsp3) is 0.227. The lowest BCUT2D eigenvalue weighted by molar-refractivity contribution is 0.202. The number of hydrogen-bond acceptors (Lipinski definition) is 2. The molecule has 1 atom stereocenters. The summed E-state index contributed by atoms with van der Waals surface area (Å²) < 4.78 is 5.21. The van der Waals surface area contributed by atoms with Gasteiger partial charge >= 0.3 is 6.03 Å². The van der Waals surface area contributed by atoms with Crippen molar-refractivity contribution in [2.45, 2.75) is 13.0 Å². The summed E-state index contributed by atoms with van der Waals surface area (Å²) in [7, 11) is 5.30. The summed E-state index contributed by atoms with van der Waals surface area (Å²) in [4.78, 5) is 16.5. The number of carbonyl (C=O) groups is 1. The number of amides is 2. The van der Waals surface area contributed by atoms with E-state index < -0.39 is 0 Å². The summed E-state index contributed by atoms with van der Waals surface area (Å²) in [6, 6.07) is 21.8. The van der Waals surface area contributed by atoms with Gasteiger partial charge in [-0.1, -0.05) is 48.5 Å². The topological polar surface area (TPSA) is 32.8 Å². The van der Waals surface area contributed by atoms with Crippen molar-refractivity contribution in [3.8, 4) is 5.75 Å². The Bertz CT molecular complexity index is 900. The fourth-order valence-corrected chi connectivity index (χ4v) is 3.11. The van der Waals surface area contributed by atoms with Crippen LogP contribution in [0.1, 0.15) is 18.5 Å². The SMILES string of the molecule is COc1ccc([C@@H](C)N(C)C(=O)N(C)c2cccc3ccccc23)cc1. The molecule has 0 aliphatic carbocycles. The molecule has 0 saturated carbocycles. The zero-order valence-corrected chi connectivity index (χ0v) is 15.6. The summed E-state index contributed by atoms with van der Waals surface area (Å²) in [5, 5.41) is 2.19. The largest absolute Gasteiger partial charge is 0.497 e.